The molecule has 92 valence electrons. The van der Waals surface area contributed by atoms with Gasteiger partial charge in [0.2, 0.25) is 0 Å². The third kappa shape index (κ3) is 2.87. The molecule has 0 radical (unpaired) electrons. The van der Waals surface area contributed by atoms with E-state index in [0.717, 1.165) is 24.9 Å². The molecule has 1 N–H and O–H groups in total. The fourth-order valence-corrected chi connectivity index (χ4v) is 2.57. The summed E-state index contributed by atoms with van der Waals surface area (Å²) in [6.45, 7) is 4.34. The molecule has 0 saturated carbocycles. The fraction of sp³-hybridized carbons (Fsp3) is 0.533. The Morgan fingerprint density at radius 2 is 2.24 bits per heavy atom. The third-order valence-corrected chi connectivity index (χ3v) is 3.49. The van der Waals surface area contributed by atoms with Gasteiger partial charge < -0.3 is 5.32 Å². The van der Waals surface area contributed by atoms with Crippen LogP contribution in [0.2, 0.25) is 0 Å². The number of Topliss-reactive ketones (excluding diaryl/α,β-unsaturated/α-hetero) is 1. The first-order valence-corrected chi connectivity index (χ1v) is 6.58. The summed E-state index contributed by atoms with van der Waals surface area (Å²) >= 11 is 0. The number of nitrogens with one attached hydrogen (secondary N) is 1. The van der Waals surface area contributed by atoms with Crippen molar-refractivity contribution in [3.05, 3.63) is 29.8 Å². The molecule has 0 fully saturated rings. The standard InChI is InChI=1S/C15H21NO/c1-3-6-11(2)9-15(17)14-10-12-7-4-5-8-13(12)16-14/h4-5,7-8,11,14,16H,3,6,9-10H2,1-2H3. The Morgan fingerprint density at radius 3 is 2.94 bits per heavy atom. The number of carbonyl (C=O) groups excluding carboxylic acids is 1. The number of rotatable bonds is 5. The smallest absolute Gasteiger partial charge is 0.155 e. The highest BCUT2D eigenvalue weighted by Crippen LogP contribution is 2.26. The van der Waals surface area contributed by atoms with Gasteiger partial charge in [0, 0.05) is 18.5 Å². The topological polar surface area (TPSA) is 29.1 Å². The maximum atomic E-state index is 12.1. The van der Waals surface area contributed by atoms with Crippen LogP contribution in [-0.4, -0.2) is 11.8 Å². The van der Waals surface area contributed by atoms with E-state index in [2.05, 4.69) is 31.3 Å². The lowest BCUT2D eigenvalue weighted by molar-refractivity contribution is -0.120. The van der Waals surface area contributed by atoms with Crippen LogP contribution in [0.3, 0.4) is 0 Å². The number of para-hydroxylation sites is 1. The van der Waals surface area contributed by atoms with Gasteiger partial charge in [0.1, 0.15) is 0 Å². The largest absolute Gasteiger partial charge is 0.375 e. The number of hydrogen-bond donors (Lipinski definition) is 1. The minimum Gasteiger partial charge on any atom is -0.375 e. The van der Waals surface area contributed by atoms with E-state index in [9.17, 15) is 4.79 Å². The van der Waals surface area contributed by atoms with Crippen molar-refractivity contribution < 1.29 is 4.79 Å². The van der Waals surface area contributed by atoms with Crippen LogP contribution in [0.25, 0.3) is 0 Å². The quantitative estimate of drug-likeness (QED) is 0.841. The molecule has 17 heavy (non-hydrogen) atoms. The summed E-state index contributed by atoms with van der Waals surface area (Å²) in [4.78, 5) is 12.1. The van der Waals surface area contributed by atoms with Crippen LogP contribution in [0.1, 0.15) is 38.7 Å². The molecule has 1 heterocycles. The number of carbonyl (C=O) groups is 1. The molecule has 2 unspecified atom stereocenters. The van der Waals surface area contributed by atoms with E-state index in [4.69, 9.17) is 0 Å². The van der Waals surface area contributed by atoms with E-state index in [-0.39, 0.29) is 6.04 Å². The highest BCUT2D eigenvalue weighted by Gasteiger charge is 2.26. The van der Waals surface area contributed by atoms with Crippen LogP contribution >= 0.6 is 0 Å². The highest BCUT2D eigenvalue weighted by atomic mass is 16.1. The summed E-state index contributed by atoms with van der Waals surface area (Å²) in [6.07, 6.45) is 3.87. The summed E-state index contributed by atoms with van der Waals surface area (Å²) in [5, 5.41) is 3.33. The fourth-order valence-electron chi connectivity index (χ4n) is 2.57. The zero-order chi connectivity index (χ0) is 12.3. The van der Waals surface area contributed by atoms with Crippen molar-refractivity contribution in [1.82, 2.24) is 0 Å². The van der Waals surface area contributed by atoms with Gasteiger partial charge >= 0.3 is 0 Å². The van der Waals surface area contributed by atoms with Crippen molar-refractivity contribution in [2.45, 2.75) is 45.6 Å². The van der Waals surface area contributed by atoms with Gasteiger partial charge in [-0.15, -0.1) is 0 Å². The van der Waals surface area contributed by atoms with E-state index >= 15 is 0 Å². The number of fused-ring (bicyclic) bond motifs is 1. The first-order chi connectivity index (χ1) is 8.20. The second-order valence-electron chi connectivity index (χ2n) is 5.12. The Labute approximate surface area is 103 Å². The Balaban J connectivity index is 1.92. The number of anilines is 1. The molecule has 1 aromatic rings. The lowest BCUT2D eigenvalue weighted by atomic mass is 9.95. The number of ketones is 1. The Kier molecular flexibility index (Phi) is 3.82. The van der Waals surface area contributed by atoms with Crippen LogP contribution in [0.15, 0.2) is 24.3 Å². The summed E-state index contributed by atoms with van der Waals surface area (Å²) in [5.74, 6) is 0.875. The molecular weight excluding hydrogens is 210 g/mol. The van der Waals surface area contributed by atoms with Crippen LogP contribution in [0.4, 0.5) is 5.69 Å². The molecule has 0 spiro atoms. The van der Waals surface area contributed by atoms with E-state index in [1.807, 2.05) is 12.1 Å². The number of benzene rings is 1. The minimum atomic E-state index is 0.00621. The van der Waals surface area contributed by atoms with Gasteiger partial charge in [-0.2, -0.15) is 0 Å². The van der Waals surface area contributed by atoms with Gasteiger partial charge in [0.15, 0.2) is 5.78 Å². The van der Waals surface area contributed by atoms with Crippen molar-refractivity contribution in [2.75, 3.05) is 5.32 Å². The van der Waals surface area contributed by atoms with E-state index in [1.54, 1.807) is 0 Å². The van der Waals surface area contributed by atoms with Crippen molar-refractivity contribution in [3.8, 4) is 0 Å². The highest BCUT2D eigenvalue weighted by molar-refractivity contribution is 5.89. The van der Waals surface area contributed by atoms with Gasteiger partial charge in [-0.25, -0.2) is 0 Å². The first-order valence-electron chi connectivity index (χ1n) is 6.58. The Bertz CT molecular complexity index is 375. The van der Waals surface area contributed by atoms with Crippen molar-refractivity contribution in [1.29, 1.82) is 0 Å². The van der Waals surface area contributed by atoms with Gasteiger partial charge in [0.25, 0.3) is 0 Å². The zero-order valence-electron chi connectivity index (χ0n) is 10.7. The molecule has 2 rings (SSSR count). The normalized spacial score (nSPS) is 19.5. The second-order valence-corrected chi connectivity index (χ2v) is 5.12. The summed E-state index contributed by atoms with van der Waals surface area (Å²) in [5.41, 5.74) is 2.41. The molecule has 0 bridgehead atoms. The van der Waals surface area contributed by atoms with Crippen molar-refractivity contribution in [2.24, 2.45) is 5.92 Å². The molecular formula is C15H21NO. The summed E-state index contributed by atoms with van der Waals surface area (Å²) < 4.78 is 0. The van der Waals surface area contributed by atoms with Gasteiger partial charge in [0.05, 0.1) is 6.04 Å². The minimum absolute atomic E-state index is 0.00621. The zero-order valence-corrected chi connectivity index (χ0v) is 10.7. The predicted octanol–water partition coefficient (Wildman–Crippen LogP) is 3.42. The van der Waals surface area contributed by atoms with Gasteiger partial charge in [-0.3, -0.25) is 4.79 Å². The van der Waals surface area contributed by atoms with Crippen LogP contribution < -0.4 is 5.32 Å². The predicted molar refractivity (Wildman–Crippen MR) is 71.3 cm³/mol. The van der Waals surface area contributed by atoms with Crippen molar-refractivity contribution in [3.63, 3.8) is 0 Å². The maximum Gasteiger partial charge on any atom is 0.155 e. The van der Waals surface area contributed by atoms with E-state index in [1.165, 1.54) is 5.56 Å². The van der Waals surface area contributed by atoms with Gasteiger partial charge in [-0.05, 0) is 17.5 Å². The SMILES string of the molecule is CCCC(C)CC(=O)C1Cc2ccccc2N1. The maximum absolute atomic E-state index is 12.1. The molecule has 2 heteroatoms. The van der Waals surface area contributed by atoms with E-state index in [0.29, 0.717) is 18.1 Å². The van der Waals surface area contributed by atoms with Crippen LogP contribution in [0, 0.1) is 5.92 Å². The lowest BCUT2D eigenvalue weighted by Gasteiger charge is -2.14. The second kappa shape index (κ2) is 5.35. The average Bonchev–Trinajstić information content (AvgIpc) is 2.72. The number of hydrogen-bond acceptors (Lipinski definition) is 2. The molecule has 2 nitrogen and oxygen atoms in total. The molecule has 1 aliphatic heterocycles. The summed E-state index contributed by atoms with van der Waals surface area (Å²) in [7, 11) is 0. The first kappa shape index (κ1) is 12.2. The summed E-state index contributed by atoms with van der Waals surface area (Å²) in [6, 6.07) is 8.21. The van der Waals surface area contributed by atoms with Gasteiger partial charge in [-0.1, -0.05) is 44.9 Å². The van der Waals surface area contributed by atoms with Crippen LogP contribution in [0.5, 0.6) is 0 Å². The molecule has 1 aromatic carbocycles. The molecule has 2 atom stereocenters. The average molecular weight is 231 g/mol. The molecule has 0 saturated heterocycles. The van der Waals surface area contributed by atoms with Crippen LogP contribution in [-0.2, 0) is 11.2 Å². The molecule has 0 aliphatic carbocycles. The molecule has 1 aliphatic rings. The molecule has 0 amide bonds. The third-order valence-electron chi connectivity index (χ3n) is 3.49. The van der Waals surface area contributed by atoms with E-state index < -0.39 is 0 Å². The van der Waals surface area contributed by atoms with Crippen molar-refractivity contribution >= 4 is 11.5 Å². The Morgan fingerprint density at radius 1 is 1.47 bits per heavy atom. The Hall–Kier alpha value is -1.31. The lowest BCUT2D eigenvalue weighted by Crippen LogP contribution is -2.28. The monoisotopic (exact) mass is 231 g/mol. The molecule has 0 aromatic heterocycles.